The van der Waals surface area contributed by atoms with Crippen LogP contribution in [0.2, 0.25) is 0 Å². The highest BCUT2D eigenvalue weighted by molar-refractivity contribution is 6.04. The topological polar surface area (TPSA) is 97.5 Å². The summed E-state index contributed by atoms with van der Waals surface area (Å²) in [5.74, 6) is -0.711. The summed E-state index contributed by atoms with van der Waals surface area (Å²) in [4.78, 5) is 38.4. The molecule has 0 spiro atoms. The zero-order chi connectivity index (χ0) is 22.1. The molecule has 3 atom stereocenters. The molecule has 0 aromatic rings. The van der Waals surface area contributed by atoms with Crippen LogP contribution < -0.4 is 5.73 Å². The second-order valence-corrected chi connectivity index (χ2v) is 9.52. The van der Waals surface area contributed by atoms with Gasteiger partial charge in [-0.3, -0.25) is 14.4 Å². The van der Waals surface area contributed by atoms with Gasteiger partial charge < -0.3 is 10.8 Å². The summed E-state index contributed by atoms with van der Waals surface area (Å²) in [7, 11) is 0. The molecule has 3 unspecified atom stereocenters. The van der Waals surface area contributed by atoms with Crippen LogP contribution >= 0.6 is 0 Å². The maximum atomic E-state index is 13.1. The van der Waals surface area contributed by atoms with Crippen LogP contribution in [0.5, 0.6) is 0 Å². The Balaban J connectivity index is 5.79. The summed E-state index contributed by atoms with van der Waals surface area (Å²) >= 11 is 0. The maximum absolute atomic E-state index is 13.1. The molecule has 0 aliphatic rings. The molecule has 0 aliphatic heterocycles. The molecule has 0 fully saturated rings. The quantitative estimate of drug-likeness (QED) is 0.406. The van der Waals surface area contributed by atoms with Crippen LogP contribution in [0.25, 0.3) is 0 Å². The molecule has 164 valence electrons. The van der Waals surface area contributed by atoms with Gasteiger partial charge >= 0.3 is 0 Å². The van der Waals surface area contributed by atoms with Crippen LogP contribution in [0.15, 0.2) is 0 Å². The van der Waals surface area contributed by atoms with Crippen LogP contribution in [-0.2, 0) is 14.4 Å². The summed E-state index contributed by atoms with van der Waals surface area (Å²) < 4.78 is 0. The Morgan fingerprint density at radius 2 is 1.43 bits per heavy atom. The van der Waals surface area contributed by atoms with E-state index in [2.05, 4.69) is 0 Å². The Bertz CT molecular complexity index is 513. The zero-order valence-corrected chi connectivity index (χ0v) is 19.1. The third kappa shape index (κ3) is 8.52. The first-order valence-electron chi connectivity index (χ1n) is 10.9. The van der Waals surface area contributed by atoms with Crippen molar-refractivity contribution in [1.82, 2.24) is 0 Å². The third-order valence-corrected chi connectivity index (χ3v) is 5.38. The molecule has 0 aliphatic carbocycles. The van der Waals surface area contributed by atoms with Crippen molar-refractivity contribution in [3.63, 3.8) is 0 Å². The molecule has 0 heterocycles. The fraction of sp³-hybridized carbons (Fsp3) is 0.870. The van der Waals surface area contributed by atoms with Crippen LogP contribution in [0, 0.1) is 23.7 Å². The maximum Gasteiger partial charge on any atom is 0.156 e. The van der Waals surface area contributed by atoms with Gasteiger partial charge in [0.2, 0.25) is 0 Å². The first-order valence-corrected chi connectivity index (χ1v) is 10.9. The number of aliphatic hydroxyl groups is 1. The van der Waals surface area contributed by atoms with E-state index in [-0.39, 0.29) is 42.5 Å². The van der Waals surface area contributed by atoms with Gasteiger partial charge in [0, 0.05) is 18.8 Å². The van der Waals surface area contributed by atoms with E-state index in [0.717, 1.165) is 0 Å². The number of Topliss-reactive ketones (excluding diaryl/α,β-unsaturated/α-hetero) is 3. The lowest BCUT2D eigenvalue weighted by Crippen LogP contribution is -2.64. The van der Waals surface area contributed by atoms with Gasteiger partial charge in [-0.25, -0.2) is 0 Å². The van der Waals surface area contributed by atoms with Gasteiger partial charge in [-0.05, 0) is 37.0 Å². The number of hydrogen-bond donors (Lipinski definition) is 2. The number of carbonyl (C=O) groups excluding carboxylic acids is 3. The molecule has 0 radical (unpaired) electrons. The minimum absolute atomic E-state index is 0.127. The highest BCUT2D eigenvalue weighted by Crippen LogP contribution is 2.32. The van der Waals surface area contributed by atoms with Gasteiger partial charge in [0.05, 0.1) is 12.5 Å². The summed E-state index contributed by atoms with van der Waals surface area (Å²) in [6.07, 6.45) is 1.31. The molecule has 0 rings (SSSR count). The van der Waals surface area contributed by atoms with Crippen molar-refractivity contribution in [3.05, 3.63) is 0 Å². The minimum atomic E-state index is -1.63. The molecular weight excluding hydrogens is 354 g/mol. The molecule has 5 heteroatoms. The number of ketones is 3. The Labute approximate surface area is 171 Å². The van der Waals surface area contributed by atoms with Gasteiger partial charge in [-0.2, -0.15) is 0 Å². The Morgan fingerprint density at radius 3 is 1.86 bits per heavy atom. The van der Waals surface area contributed by atoms with Crippen molar-refractivity contribution >= 4 is 17.3 Å². The average Bonchev–Trinajstić information content (AvgIpc) is 2.57. The van der Waals surface area contributed by atoms with Crippen molar-refractivity contribution in [3.8, 4) is 0 Å². The second kappa shape index (κ2) is 12.5. The molecule has 0 saturated heterocycles. The van der Waals surface area contributed by atoms with E-state index in [0.29, 0.717) is 37.5 Å². The zero-order valence-electron chi connectivity index (χ0n) is 19.1. The number of nitrogens with two attached hydrogens (primary N) is 1. The smallest absolute Gasteiger partial charge is 0.156 e. The van der Waals surface area contributed by atoms with E-state index < -0.39 is 17.6 Å². The molecule has 0 amide bonds. The fourth-order valence-corrected chi connectivity index (χ4v) is 3.60. The average molecular weight is 398 g/mol. The van der Waals surface area contributed by atoms with E-state index in [4.69, 9.17) is 5.73 Å². The monoisotopic (exact) mass is 397 g/mol. The van der Waals surface area contributed by atoms with E-state index in [9.17, 15) is 19.5 Å². The highest BCUT2D eigenvalue weighted by Gasteiger charge is 2.49. The lowest BCUT2D eigenvalue weighted by atomic mass is 9.69. The summed E-state index contributed by atoms with van der Waals surface area (Å²) in [6, 6.07) is 0. The van der Waals surface area contributed by atoms with Crippen LogP contribution in [0.3, 0.4) is 0 Å². The Morgan fingerprint density at radius 1 is 0.893 bits per heavy atom. The van der Waals surface area contributed by atoms with E-state index in [1.807, 2.05) is 41.5 Å². The molecule has 0 bridgehead atoms. The van der Waals surface area contributed by atoms with E-state index >= 15 is 0 Å². The van der Waals surface area contributed by atoms with Gasteiger partial charge in [0.15, 0.2) is 5.78 Å². The van der Waals surface area contributed by atoms with E-state index in [1.54, 1.807) is 6.92 Å². The highest BCUT2D eigenvalue weighted by atomic mass is 16.3. The number of hydrogen-bond acceptors (Lipinski definition) is 5. The minimum Gasteiger partial charge on any atom is -0.391 e. The lowest BCUT2D eigenvalue weighted by molar-refractivity contribution is -0.142. The predicted molar refractivity (Wildman–Crippen MR) is 114 cm³/mol. The van der Waals surface area contributed by atoms with Crippen molar-refractivity contribution in [2.24, 2.45) is 29.4 Å². The van der Waals surface area contributed by atoms with Crippen LogP contribution in [0.4, 0.5) is 0 Å². The van der Waals surface area contributed by atoms with Gasteiger partial charge in [-0.15, -0.1) is 0 Å². The summed E-state index contributed by atoms with van der Waals surface area (Å²) in [6.45, 7) is 13.8. The second-order valence-electron chi connectivity index (χ2n) is 9.52. The lowest BCUT2D eigenvalue weighted by Gasteiger charge is -2.39. The molecule has 28 heavy (non-hydrogen) atoms. The third-order valence-electron chi connectivity index (χ3n) is 5.38. The number of aliphatic hydroxyl groups excluding tert-OH is 1. The van der Waals surface area contributed by atoms with Gasteiger partial charge in [-0.1, -0.05) is 54.9 Å². The summed E-state index contributed by atoms with van der Waals surface area (Å²) in [5, 5.41) is 10.7. The SMILES string of the molecule is CCC(O)C(N)(C(=O)CCC(C)C)C(CCC(C)C)C(=O)CC(=O)CC(C)C. The van der Waals surface area contributed by atoms with Gasteiger partial charge in [0.1, 0.15) is 17.1 Å². The standard InChI is InChI=1S/C23H43NO4/c1-8-21(27)23(24,22(28)12-10-16(4)5)19(11-9-15(2)3)20(26)14-18(25)13-17(6)7/h15-17,19,21,27H,8-14,24H2,1-7H3. The fourth-order valence-electron chi connectivity index (χ4n) is 3.60. The molecule has 5 nitrogen and oxygen atoms in total. The first-order chi connectivity index (χ1) is 12.9. The van der Waals surface area contributed by atoms with Crippen molar-refractivity contribution in [2.75, 3.05) is 0 Å². The molecular formula is C23H43NO4. The predicted octanol–water partition coefficient (Wildman–Crippen LogP) is 4.09. The normalized spacial score (nSPS) is 16.3. The Hall–Kier alpha value is -1.07. The first kappa shape index (κ1) is 26.9. The van der Waals surface area contributed by atoms with E-state index in [1.165, 1.54) is 0 Å². The number of carbonyl (C=O) groups is 3. The molecule has 0 saturated carbocycles. The van der Waals surface area contributed by atoms with Crippen molar-refractivity contribution < 1.29 is 19.5 Å². The van der Waals surface area contributed by atoms with Crippen molar-refractivity contribution in [1.29, 1.82) is 0 Å². The summed E-state index contributed by atoms with van der Waals surface area (Å²) in [5.41, 5.74) is 4.93. The van der Waals surface area contributed by atoms with Crippen molar-refractivity contribution in [2.45, 2.75) is 105 Å². The molecule has 0 aromatic carbocycles. The largest absolute Gasteiger partial charge is 0.391 e. The van der Waals surface area contributed by atoms with Crippen LogP contribution in [-0.4, -0.2) is 34.1 Å². The van der Waals surface area contributed by atoms with Gasteiger partial charge in [0.25, 0.3) is 0 Å². The van der Waals surface area contributed by atoms with Crippen LogP contribution in [0.1, 0.15) is 93.4 Å². The molecule has 0 aromatic heterocycles. The molecule has 3 N–H and O–H groups in total. The number of rotatable bonds is 15. The Kier molecular flexibility index (Phi) is 12.0.